The number of aromatic nitrogens is 4. The van der Waals surface area contributed by atoms with Crippen LogP contribution in [0.5, 0.6) is 0 Å². The Morgan fingerprint density at radius 2 is 2.00 bits per heavy atom. The number of nitrogen functional groups attached to an aromatic ring is 1. The topological polar surface area (TPSA) is 69.6 Å². The molecule has 5 nitrogen and oxygen atoms in total. The van der Waals surface area contributed by atoms with Crippen LogP contribution in [0.3, 0.4) is 0 Å². The van der Waals surface area contributed by atoms with Crippen molar-refractivity contribution in [1.82, 2.24) is 20.2 Å². The summed E-state index contributed by atoms with van der Waals surface area (Å²) in [5.74, 6) is 0. The summed E-state index contributed by atoms with van der Waals surface area (Å²) in [4.78, 5) is 1.07. The van der Waals surface area contributed by atoms with Crippen molar-refractivity contribution in [2.24, 2.45) is 7.05 Å². The van der Waals surface area contributed by atoms with Gasteiger partial charge in [0.1, 0.15) is 0 Å². The Balaban J connectivity index is 2.19. The average Bonchev–Trinajstić information content (AvgIpc) is 2.56. The molecule has 0 aliphatic rings. The van der Waals surface area contributed by atoms with Crippen LogP contribution in [0, 0.1) is 0 Å². The van der Waals surface area contributed by atoms with Crippen molar-refractivity contribution in [1.29, 1.82) is 0 Å². The highest BCUT2D eigenvalue weighted by molar-refractivity contribution is 7.99. The number of rotatable bonds is 2. The van der Waals surface area contributed by atoms with E-state index in [4.69, 9.17) is 5.73 Å². The van der Waals surface area contributed by atoms with E-state index in [1.165, 1.54) is 11.8 Å². The SMILES string of the molecule is Cn1nnnc1Sc1ccc(N)cc1. The van der Waals surface area contributed by atoms with E-state index in [-0.39, 0.29) is 0 Å². The van der Waals surface area contributed by atoms with Gasteiger partial charge in [0.15, 0.2) is 0 Å². The van der Waals surface area contributed by atoms with Crippen molar-refractivity contribution < 1.29 is 0 Å². The molecule has 0 aliphatic carbocycles. The van der Waals surface area contributed by atoms with E-state index < -0.39 is 0 Å². The highest BCUT2D eigenvalue weighted by atomic mass is 32.2. The Labute approximate surface area is 85.3 Å². The highest BCUT2D eigenvalue weighted by Crippen LogP contribution is 2.24. The largest absolute Gasteiger partial charge is 0.399 e. The number of hydrogen-bond acceptors (Lipinski definition) is 5. The van der Waals surface area contributed by atoms with Crippen LogP contribution in [0.1, 0.15) is 0 Å². The molecule has 1 aromatic heterocycles. The second-order valence-corrected chi connectivity index (χ2v) is 3.80. The van der Waals surface area contributed by atoms with Crippen LogP contribution in [-0.2, 0) is 7.05 Å². The summed E-state index contributed by atoms with van der Waals surface area (Å²) in [5.41, 5.74) is 6.33. The van der Waals surface area contributed by atoms with Crippen molar-refractivity contribution in [2.75, 3.05) is 5.73 Å². The summed E-state index contributed by atoms with van der Waals surface area (Å²) in [6.45, 7) is 0. The molecule has 0 radical (unpaired) electrons. The summed E-state index contributed by atoms with van der Waals surface area (Å²) in [7, 11) is 1.81. The first kappa shape index (κ1) is 9.01. The molecule has 2 rings (SSSR count). The average molecular weight is 207 g/mol. The smallest absolute Gasteiger partial charge is 0.213 e. The lowest BCUT2D eigenvalue weighted by Gasteiger charge is -1.99. The maximum Gasteiger partial charge on any atom is 0.213 e. The fourth-order valence-corrected chi connectivity index (χ4v) is 1.68. The molecule has 0 atom stereocenters. The maximum atomic E-state index is 5.58. The van der Waals surface area contributed by atoms with Gasteiger partial charge in [0, 0.05) is 17.6 Å². The molecular formula is C8H9N5S. The van der Waals surface area contributed by atoms with Gasteiger partial charge in [0.25, 0.3) is 0 Å². The first-order chi connectivity index (χ1) is 6.75. The number of nitrogens with two attached hydrogens (primary N) is 1. The lowest BCUT2D eigenvalue weighted by atomic mass is 10.3. The normalized spacial score (nSPS) is 10.4. The molecule has 0 bridgehead atoms. The monoisotopic (exact) mass is 207 g/mol. The van der Waals surface area contributed by atoms with E-state index in [9.17, 15) is 0 Å². The van der Waals surface area contributed by atoms with Gasteiger partial charge in [-0.3, -0.25) is 0 Å². The zero-order valence-electron chi connectivity index (χ0n) is 7.58. The quantitative estimate of drug-likeness (QED) is 0.742. The number of aryl methyl sites for hydroxylation is 1. The van der Waals surface area contributed by atoms with Gasteiger partial charge in [0.05, 0.1) is 0 Å². The number of hydrogen-bond donors (Lipinski definition) is 1. The Bertz CT molecular complexity index is 422. The van der Waals surface area contributed by atoms with Gasteiger partial charge in [0.2, 0.25) is 5.16 Å². The van der Waals surface area contributed by atoms with Crippen LogP contribution in [0.4, 0.5) is 5.69 Å². The second kappa shape index (κ2) is 3.67. The second-order valence-electron chi connectivity index (χ2n) is 2.76. The van der Waals surface area contributed by atoms with Crippen molar-refractivity contribution in [2.45, 2.75) is 10.1 Å². The van der Waals surface area contributed by atoms with E-state index in [2.05, 4.69) is 15.5 Å². The van der Waals surface area contributed by atoms with Gasteiger partial charge >= 0.3 is 0 Å². The molecule has 0 spiro atoms. The minimum absolute atomic E-state index is 0.755. The number of tetrazole rings is 1. The summed E-state index contributed by atoms with van der Waals surface area (Å²) < 4.78 is 1.63. The molecule has 1 heterocycles. The Hall–Kier alpha value is -1.56. The van der Waals surface area contributed by atoms with E-state index in [1.807, 2.05) is 24.3 Å². The minimum Gasteiger partial charge on any atom is -0.399 e. The first-order valence-electron chi connectivity index (χ1n) is 4.01. The molecule has 1 aromatic carbocycles. The summed E-state index contributed by atoms with van der Waals surface area (Å²) in [6.07, 6.45) is 0. The van der Waals surface area contributed by atoms with Crippen LogP contribution in [0.15, 0.2) is 34.3 Å². The fraction of sp³-hybridized carbons (Fsp3) is 0.125. The molecule has 0 fully saturated rings. The van der Waals surface area contributed by atoms with Crippen molar-refractivity contribution in [3.63, 3.8) is 0 Å². The zero-order valence-corrected chi connectivity index (χ0v) is 8.40. The molecular weight excluding hydrogens is 198 g/mol. The maximum absolute atomic E-state index is 5.58. The summed E-state index contributed by atoms with van der Waals surface area (Å²) in [6, 6.07) is 7.58. The van der Waals surface area contributed by atoms with Gasteiger partial charge in [-0.25, -0.2) is 4.68 Å². The third kappa shape index (κ3) is 1.85. The Morgan fingerprint density at radius 3 is 2.57 bits per heavy atom. The fourth-order valence-electron chi connectivity index (χ4n) is 0.949. The standard InChI is InChI=1S/C8H9N5S/c1-13-8(10-11-12-13)14-7-4-2-6(9)3-5-7/h2-5H,9H2,1H3. The van der Waals surface area contributed by atoms with Crippen LogP contribution in [0.2, 0.25) is 0 Å². The lowest BCUT2D eigenvalue weighted by molar-refractivity contribution is 0.664. The molecule has 0 saturated heterocycles. The molecule has 0 unspecified atom stereocenters. The van der Waals surface area contributed by atoms with Crippen molar-refractivity contribution in [3.05, 3.63) is 24.3 Å². The number of benzene rings is 1. The van der Waals surface area contributed by atoms with E-state index >= 15 is 0 Å². The van der Waals surface area contributed by atoms with Gasteiger partial charge in [-0.1, -0.05) is 0 Å². The Kier molecular flexibility index (Phi) is 2.36. The molecule has 0 saturated carbocycles. The van der Waals surface area contributed by atoms with Gasteiger partial charge in [-0.05, 0) is 46.5 Å². The van der Waals surface area contributed by atoms with Gasteiger partial charge in [-0.2, -0.15) is 0 Å². The molecule has 6 heteroatoms. The van der Waals surface area contributed by atoms with Gasteiger partial charge in [-0.15, -0.1) is 5.10 Å². The molecule has 0 amide bonds. The lowest BCUT2D eigenvalue weighted by Crippen LogP contribution is -1.92. The van der Waals surface area contributed by atoms with E-state index in [0.29, 0.717) is 0 Å². The zero-order chi connectivity index (χ0) is 9.97. The number of anilines is 1. The third-order valence-electron chi connectivity index (χ3n) is 1.67. The van der Waals surface area contributed by atoms with Crippen LogP contribution >= 0.6 is 11.8 Å². The third-order valence-corrected chi connectivity index (χ3v) is 2.71. The summed E-state index contributed by atoms with van der Waals surface area (Å²) >= 11 is 1.50. The van der Waals surface area contributed by atoms with Crippen LogP contribution < -0.4 is 5.73 Å². The minimum atomic E-state index is 0.755. The van der Waals surface area contributed by atoms with Crippen molar-refractivity contribution >= 4 is 17.4 Å². The molecule has 72 valence electrons. The van der Waals surface area contributed by atoms with Crippen LogP contribution in [-0.4, -0.2) is 20.2 Å². The highest BCUT2D eigenvalue weighted by Gasteiger charge is 2.03. The van der Waals surface area contributed by atoms with Crippen LogP contribution in [0.25, 0.3) is 0 Å². The van der Waals surface area contributed by atoms with Crippen molar-refractivity contribution in [3.8, 4) is 0 Å². The molecule has 2 aromatic rings. The predicted molar refractivity (Wildman–Crippen MR) is 53.8 cm³/mol. The van der Waals surface area contributed by atoms with Gasteiger partial charge < -0.3 is 5.73 Å². The van der Waals surface area contributed by atoms with E-state index in [1.54, 1.807) is 11.7 Å². The Morgan fingerprint density at radius 1 is 1.29 bits per heavy atom. The molecule has 0 aliphatic heterocycles. The predicted octanol–water partition coefficient (Wildman–Crippen LogP) is 0.944. The molecule has 2 N–H and O–H groups in total. The number of nitrogens with zero attached hydrogens (tertiary/aromatic N) is 4. The summed E-state index contributed by atoms with van der Waals surface area (Å²) in [5, 5.41) is 11.9. The molecule has 14 heavy (non-hydrogen) atoms. The first-order valence-corrected chi connectivity index (χ1v) is 4.83. The van der Waals surface area contributed by atoms with E-state index in [0.717, 1.165) is 15.7 Å².